The van der Waals surface area contributed by atoms with E-state index in [0.29, 0.717) is 5.56 Å². The van der Waals surface area contributed by atoms with Gasteiger partial charge in [-0.2, -0.15) is 0 Å². The molecule has 4 heteroatoms. The van der Waals surface area contributed by atoms with Gasteiger partial charge in [-0.25, -0.2) is 0 Å². The predicted molar refractivity (Wildman–Crippen MR) is 74.6 cm³/mol. The van der Waals surface area contributed by atoms with Crippen LogP contribution in [0.5, 0.6) is 0 Å². The van der Waals surface area contributed by atoms with Gasteiger partial charge in [-0.15, -0.1) is 0 Å². The number of rotatable bonds is 3. The number of nitrogens with one attached hydrogen (secondary N) is 1. The number of aliphatic hydroxyl groups is 1. The molecule has 0 heterocycles. The fourth-order valence-electron chi connectivity index (χ4n) is 2.56. The summed E-state index contributed by atoms with van der Waals surface area (Å²) in [5.74, 6) is 0.159. The molecule has 0 saturated heterocycles. The third kappa shape index (κ3) is 3.12. The number of benzene rings is 1. The SMILES string of the molecule is Cc1cc(Br)cc(C(=O)NC2CCCC2CO)c1. The Labute approximate surface area is 116 Å². The van der Waals surface area contributed by atoms with Gasteiger partial charge in [0.2, 0.25) is 0 Å². The van der Waals surface area contributed by atoms with E-state index in [4.69, 9.17) is 0 Å². The molecular formula is C14H18BrNO2. The zero-order chi connectivity index (χ0) is 13.1. The van der Waals surface area contributed by atoms with Gasteiger partial charge in [0, 0.05) is 28.6 Å². The van der Waals surface area contributed by atoms with Gasteiger partial charge in [0.25, 0.3) is 5.91 Å². The molecule has 2 rings (SSSR count). The lowest BCUT2D eigenvalue weighted by atomic mass is 10.0. The van der Waals surface area contributed by atoms with Crippen LogP contribution in [0, 0.1) is 12.8 Å². The Morgan fingerprint density at radius 3 is 2.89 bits per heavy atom. The Kier molecular flexibility index (Phi) is 4.40. The fraction of sp³-hybridized carbons (Fsp3) is 0.500. The smallest absolute Gasteiger partial charge is 0.251 e. The first kappa shape index (κ1) is 13.6. The highest BCUT2D eigenvalue weighted by molar-refractivity contribution is 9.10. The molecule has 2 N–H and O–H groups in total. The number of amides is 1. The first-order valence-electron chi connectivity index (χ1n) is 6.29. The van der Waals surface area contributed by atoms with Crippen LogP contribution >= 0.6 is 15.9 Å². The summed E-state index contributed by atoms with van der Waals surface area (Å²) in [6.45, 7) is 2.12. The Bertz CT molecular complexity index is 427. The fourth-order valence-corrected chi connectivity index (χ4v) is 3.17. The number of hydrogen-bond acceptors (Lipinski definition) is 2. The highest BCUT2D eigenvalue weighted by Gasteiger charge is 2.28. The van der Waals surface area contributed by atoms with Gasteiger partial charge in [-0.1, -0.05) is 22.4 Å². The van der Waals surface area contributed by atoms with Crippen LogP contribution in [0.1, 0.15) is 35.2 Å². The molecule has 1 fully saturated rings. The van der Waals surface area contributed by atoms with Crippen molar-refractivity contribution in [3.8, 4) is 0 Å². The largest absolute Gasteiger partial charge is 0.396 e. The molecule has 0 bridgehead atoms. The minimum atomic E-state index is -0.0512. The lowest BCUT2D eigenvalue weighted by Crippen LogP contribution is -2.38. The van der Waals surface area contributed by atoms with Crippen LogP contribution in [0.15, 0.2) is 22.7 Å². The van der Waals surface area contributed by atoms with E-state index in [2.05, 4.69) is 21.2 Å². The van der Waals surface area contributed by atoms with E-state index in [1.807, 2.05) is 25.1 Å². The van der Waals surface area contributed by atoms with Crippen molar-refractivity contribution in [2.24, 2.45) is 5.92 Å². The first-order chi connectivity index (χ1) is 8.60. The first-order valence-corrected chi connectivity index (χ1v) is 7.08. The third-order valence-electron chi connectivity index (χ3n) is 3.51. The predicted octanol–water partition coefficient (Wildman–Crippen LogP) is 2.65. The van der Waals surface area contributed by atoms with Crippen LogP contribution in [0.25, 0.3) is 0 Å². The van der Waals surface area contributed by atoms with Crippen LogP contribution in [0.2, 0.25) is 0 Å². The molecule has 0 aliphatic heterocycles. The van der Waals surface area contributed by atoms with Crippen molar-refractivity contribution < 1.29 is 9.90 Å². The van der Waals surface area contributed by atoms with Crippen molar-refractivity contribution in [2.75, 3.05) is 6.61 Å². The van der Waals surface area contributed by atoms with E-state index in [-0.39, 0.29) is 24.5 Å². The standard InChI is InChI=1S/C14H18BrNO2/c1-9-5-11(7-12(15)6-9)14(18)16-13-4-2-3-10(13)8-17/h5-7,10,13,17H,2-4,8H2,1H3,(H,16,18). The number of aryl methyl sites for hydroxylation is 1. The monoisotopic (exact) mass is 311 g/mol. The van der Waals surface area contributed by atoms with Crippen molar-refractivity contribution >= 4 is 21.8 Å². The Hall–Kier alpha value is -0.870. The molecule has 98 valence electrons. The maximum Gasteiger partial charge on any atom is 0.251 e. The van der Waals surface area contributed by atoms with E-state index in [0.717, 1.165) is 29.3 Å². The van der Waals surface area contributed by atoms with Crippen LogP contribution in [0.4, 0.5) is 0 Å². The molecule has 1 aromatic carbocycles. The molecular weight excluding hydrogens is 294 g/mol. The molecule has 1 aromatic rings. The molecule has 0 aromatic heterocycles. The number of halogens is 1. The van der Waals surface area contributed by atoms with E-state index in [1.165, 1.54) is 0 Å². The number of carbonyl (C=O) groups is 1. The molecule has 2 atom stereocenters. The van der Waals surface area contributed by atoms with Crippen LogP contribution in [0.3, 0.4) is 0 Å². The van der Waals surface area contributed by atoms with Crippen LogP contribution in [-0.2, 0) is 0 Å². The lowest BCUT2D eigenvalue weighted by Gasteiger charge is -2.19. The average molecular weight is 312 g/mol. The lowest BCUT2D eigenvalue weighted by molar-refractivity contribution is 0.0916. The molecule has 18 heavy (non-hydrogen) atoms. The van der Waals surface area contributed by atoms with Gasteiger partial charge in [0.05, 0.1) is 0 Å². The zero-order valence-corrected chi connectivity index (χ0v) is 12.0. The molecule has 0 radical (unpaired) electrons. The molecule has 3 nitrogen and oxygen atoms in total. The van der Waals surface area contributed by atoms with Crippen LogP contribution < -0.4 is 5.32 Å². The normalized spacial score (nSPS) is 23.1. The summed E-state index contributed by atoms with van der Waals surface area (Å²) >= 11 is 3.40. The second kappa shape index (κ2) is 5.85. The van der Waals surface area contributed by atoms with Crippen molar-refractivity contribution in [1.29, 1.82) is 0 Å². The molecule has 1 aliphatic rings. The summed E-state index contributed by atoms with van der Waals surface area (Å²) in [5.41, 5.74) is 1.73. The maximum atomic E-state index is 12.2. The summed E-state index contributed by atoms with van der Waals surface area (Å²) in [4.78, 5) is 12.2. The van der Waals surface area contributed by atoms with E-state index >= 15 is 0 Å². The molecule has 0 spiro atoms. The molecule has 1 saturated carbocycles. The Balaban J connectivity index is 2.07. The summed E-state index contributed by atoms with van der Waals surface area (Å²) in [5, 5.41) is 12.3. The van der Waals surface area contributed by atoms with Crippen molar-refractivity contribution in [2.45, 2.75) is 32.2 Å². The Morgan fingerprint density at radius 2 is 2.22 bits per heavy atom. The number of hydrogen-bond donors (Lipinski definition) is 2. The highest BCUT2D eigenvalue weighted by atomic mass is 79.9. The van der Waals surface area contributed by atoms with E-state index < -0.39 is 0 Å². The Morgan fingerprint density at radius 1 is 1.44 bits per heavy atom. The quantitative estimate of drug-likeness (QED) is 0.901. The average Bonchev–Trinajstić information content (AvgIpc) is 2.75. The van der Waals surface area contributed by atoms with Gasteiger partial charge in [-0.05, 0) is 43.5 Å². The summed E-state index contributed by atoms with van der Waals surface area (Å²) < 4.78 is 0.915. The molecule has 1 aliphatic carbocycles. The summed E-state index contributed by atoms with van der Waals surface area (Å²) in [6, 6.07) is 5.79. The second-order valence-electron chi connectivity index (χ2n) is 4.97. The molecule has 1 amide bonds. The van der Waals surface area contributed by atoms with Gasteiger partial charge in [0.15, 0.2) is 0 Å². The summed E-state index contributed by atoms with van der Waals surface area (Å²) in [6.07, 6.45) is 3.04. The minimum Gasteiger partial charge on any atom is -0.396 e. The van der Waals surface area contributed by atoms with Gasteiger partial charge < -0.3 is 10.4 Å². The van der Waals surface area contributed by atoms with Crippen molar-refractivity contribution in [3.63, 3.8) is 0 Å². The zero-order valence-electron chi connectivity index (χ0n) is 10.4. The highest BCUT2D eigenvalue weighted by Crippen LogP contribution is 2.25. The van der Waals surface area contributed by atoms with Crippen LogP contribution in [-0.4, -0.2) is 23.7 Å². The number of aliphatic hydroxyl groups excluding tert-OH is 1. The third-order valence-corrected chi connectivity index (χ3v) is 3.97. The summed E-state index contributed by atoms with van der Waals surface area (Å²) in [7, 11) is 0. The van der Waals surface area contributed by atoms with Crippen molar-refractivity contribution in [3.05, 3.63) is 33.8 Å². The van der Waals surface area contributed by atoms with Gasteiger partial charge in [-0.3, -0.25) is 4.79 Å². The van der Waals surface area contributed by atoms with Crippen molar-refractivity contribution in [1.82, 2.24) is 5.32 Å². The van der Waals surface area contributed by atoms with Gasteiger partial charge in [0.1, 0.15) is 0 Å². The minimum absolute atomic E-state index is 0.0512. The van der Waals surface area contributed by atoms with E-state index in [9.17, 15) is 9.90 Å². The molecule has 2 unspecified atom stereocenters. The van der Waals surface area contributed by atoms with E-state index in [1.54, 1.807) is 0 Å². The topological polar surface area (TPSA) is 49.3 Å². The number of carbonyl (C=O) groups excluding carboxylic acids is 1. The maximum absolute atomic E-state index is 12.2. The second-order valence-corrected chi connectivity index (χ2v) is 5.89. The van der Waals surface area contributed by atoms with Gasteiger partial charge >= 0.3 is 0 Å².